The summed E-state index contributed by atoms with van der Waals surface area (Å²) in [6.45, 7) is 0. The fraction of sp³-hybridized carbons (Fsp3) is 0.0588. The van der Waals surface area contributed by atoms with Gasteiger partial charge in [0.1, 0.15) is 17.1 Å². The number of methoxy groups -OCH3 is 1. The molecule has 128 valence electrons. The Bertz CT molecular complexity index is 871. The first-order valence-electron chi connectivity index (χ1n) is 7.48. The van der Waals surface area contributed by atoms with E-state index in [1.165, 1.54) is 0 Å². The van der Waals surface area contributed by atoms with Gasteiger partial charge in [-0.2, -0.15) is 5.10 Å². The number of nitrogens with one attached hydrogen (secondary N) is 3. The number of carbonyl (C=O) groups is 1. The lowest BCUT2D eigenvalue weighted by atomic mass is 10.2. The molecule has 0 aliphatic heterocycles. The summed E-state index contributed by atoms with van der Waals surface area (Å²) >= 11 is 0. The summed E-state index contributed by atoms with van der Waals surface area (Å²) in [6.07, 6.45) is 0. The highest BCUT2D eigenvalue weighted by Crippen LogP contribution is 2.25. The predicted molar refractivity (Wildman–Crippen MR) is 97.5 cm³/mol. The van der Waals surface area contributed by atoms with Crippen LogP contribution in [-0.2, 0) is 0 Å². The lowest BCUT2D eigenvalue weighted by Crippen LogP contribution is -2.14. The molecule has 0 aliphatic rings. The standard InChI is InChI=1S/C17H18N6O2/c1-25-13-8-6-11(7-9-13)20-10-2-4-12(5-3-10)21-17-14(16(19)24)15(18)22-23-17/h2-9,20H,1H3,(H2,19,24)(H4,18,21,22,23). The molecule has 1 amide bonds. The second-order valence-corrected chi connectivity index (χ2v) is 5.28. The molecule has 0 atom stereocenters. The Kier molecular flexibility index (Phi) is 4.42. The molecule has 3 aromatic rings. The number of primary amides is 1. The van der Waals surface area contributed by atoms with Crippen LogP contribution in [0.15, 0.2) is 48.5 Å². The van der Waals surface area contributed by atoms with Crippen molar-refractivity contribution >= 4 is 34.6 Å². The molecule has 0 saturated carbocycles. The third-order valence-electron chi connectivity index (χ3n) is 3.57. The minimum absolute atomic E-state index is 0.132. The monoisotopic (exact) mass is 338 g/mol. The number of anilines is 5. The minimum atomic E-state index is -0.647. The zero-order valence-corrected chi connectivity index (χ0v) is 13.5. The molecule has 0 fully saturated rings. The Morgan fingerprint density at radius 3 is 2.04 bits per heavy atom. The van der Waals surface area contributed by atoms with Crippen LogP contribution in [0.2, 0.25) is 0 Å². The summed E-state index contributed by atoms with van der Waals surface area (Å²) in [5, 5.41) is 12.8. The Labute approximate surface area is 144 Å². The highest BCUT2D eigenvalue weighted by Gasteiger charge is 2.16. The molecule has 1 heterocycles. The zero-order valence-electron chi connectivity index (χ0n) is 13.5. The Balaban J connectivity index is 1.71. The van der Waals surface area contributed by atoms with Crippen molar-refractivity contribution in [2.75, 3.05) is 23.5 Å². The lowest BCUT2D eigenvalue weighted by molar-refractivity contribution is 0.100. The van der Waals surface area contributed by atoms with Gasteiger partial charge in [-0.25, -0.2) is 0 Å². The first kappa shape index (κ1) is 16.2. The van der Waals surface area contributed by atoms with E-state index < -0.39 is 5.91 Å². The van der Waals surface area contributed by atoms with Gasteiger partial charge < -0.3 is 26.8 Å². The SMILES string of the molecule is COc1ccc(Nc2ccc(Nc3n[nH]c(N)c3C(N)=O)cc2)cc1. The highest BCUT2D eigenvalue weighted by atomic mass is 16.5. The number of hydrogen-bond donors (Lipinski definition) is 5. The molecule has 8 nitrogen and oxygen atoms in total. The quantitative estimate of drug-likeness (QED) is 0.469. The fourth-order valence-corrected chi connectivity index (χ4v) is 2.31. The number of carbonyl (C=O) groups excluding carboxylic acids is 1. The van der Waals surface area contributed by atoms with Crippen molar-refractivity contribution in [1.29, 1.82) is 0 Å². The van der Waals surface area contributed by atoms with Crippen LogP contribution in [0.25, 0.3) is 0 Å². The maximum atomic E-state index is 11.4. The van der Waals surface area contributed by atoms with Gasteiger partial charge in [0.2, 0.25) is 0 Å². The van der Waals surface area contributed by atoms with E-state index in [1.807, 2.05) is 48.5 Å². The predicted octanol–water partition coefficient (Wildman–Crippen LogP) is 2.59. The summed E-state index contributed by atoms with van der Waals surface area (Å²) < 4.78 is 5.13. The van der Waals surface area contributed by atoms with Crippen molar-refractivity contribution in [3.63, 3.8) is 0 Å². The molecule has 3 rings (SSSR count). The molecule has 0 saturated heterocycles. The van der Waals surface area contributed by atoms with Gasteiger partial charge in [0.15, 0.2) is 5.82 Å². The summed E-state index contributed by atoms with van der Waals surface area (Å²) in [6, 6.07) is 15.1. The minimum Gasteiger partial charge on any atom is -0.497 e. The summed E-state index contributed by atoms with van der Waals surface area (Å²) in [4.78, 5) is 11.4. The number of aromatic nitrogens is 2. The molecule has 8 heteroatoms. The number of nitrogens with two attached hydrogens (primary N) is 2. The zero-order chi connectivity index (χ0) is 17.8. The van der Waals surface area contributed by atoms with Gasteiger partial charge in [0.05, 0.1) is 7.11 Å². The number of aromatic amines is 1. The van der Waals surface area contributed by atoms with E-state index in [4.69, 9.17) is 16.2 Å². The van der Waals surface area contributed by atoms with Crippen molar-refractivity contribution in [3.05, 3.63) is 54.1 Å². The third kappa shape index (κ3) is 3.63. The van der Waals surface area contributed by atoms with Gasteiger partial charge in [-0.15, -0.1) is 0 Å². The number of H-pyrrole nitrogens is 1. The topological polar surface area (TPSA) is 131 Å². The average molecular weight is 338 g/mol. The van der Waals surface area contributed by atoms with Crippen molar-refractivity contribution < 1.29 is 9.53 Å². The van der Waals surface area contributed by atoms with Crippen molar-refractivity contribution in [1.82, 2.24) is 10.2 Å². The molecule has 0 aliphatic carbocycles. The number of rotatable bonds is 6. The van der Waals surface area contributed by atoms with Gasteiger partial charge in [0, 0.05) is 17.1 Å². The molecule has 0 unspecified atom stereocenters. The number of ether oxygens (including phenoxy) is 1. The van der Waals surface area contributed by atoms with Gasteiger partial charge in [-0.3, -0.25) is 9.89 Å². The number of benzene rings is 2. The summed E-state index contributed by atoms with van der Waals surface area (Å²) in [7, 11) is 1.63. The molecular weight excluding hydrogens is 320 g/mol. The van der Waals surface area contributed by atoms with Crippen LogP contribution in [0.5, 0.6) is 5.75 Å². The Hall–Kier alpha value is -3.68. The summed E-state index contributed by atoms with van der Waals surface area (Å²) in [5.74, 6) is 0.578. The lowest BCUT2D eigenvalue weighted by Gasteiger charge is -2.09. The second-order valence-electron chi connectivity index (χ2n) is 5.28. The van der Waals surface area contributed by atoms with E-state index in [0.717, 1.165) is 22.8 Å². The third-order valence-corrected chi connectivity index (χ3v) is 3.57. The Morgan fingerprint density at radius 2 is 1.52 bits per heavy atom. The number of amides is 1. The van der Waals surface area contributed by atoms with Crippen molar-refractivity contribution in [2.45, 2.75) is 0 Å². The molecule has 0 bridgehead atoms. The molecule has 0 spiro atoms. The van der Waals surface area contributed by atoms with E-state index in [2.05, 4.69) is 20.8 Å². The first-order chi connectivity index (χ1) is 12.1. The maximum Gasteiger partial charge on any atom is 0.256 e. The first-order valence-corrected chi connectivity index (χ1v) is 7.48. The number of hydrogen-bond acceptors (Lipinski definition) is 6. The van der Waals surface area contributed by atoms with E-state index >= 15 is 0 Å². The molecule has 1 aromatic heterocycles. The van der Waals surface area contributed by atoms with E-state index in [-0.39, 0.29) is 11.4 Å². The van der Waals surface area contributed by atoms with Gasteiger partial charge >= 0.3 is 0 Å². The molecule has 2 aromatic carbocycles. The van der Waals surface area contributed by atoms with E-state index in [9.17, 15) is 4.79 Å². The van der Waals surface area contributed by atoms with Crippen LogP contribution >= 0.6 is 0 Å². The van der Waals surface area contributed by atoms with Crippen LogP contribution in [0.4, 0.5) is 28.7 Å². The van der Waals surface area contributed by atoms with Crippen LogP contribution in [-0.4, -0.2) is 23.2 Å². The van der Waals surface area contributed by atoms with E-state index in [1.54, 1.807) is 7.11 Å². The highest BCUT2D eigenvalue weighted by molar-refractivity contribution is 6.02. The largest absolute Gasteiger partial charge is 0.497 e. The van der Waals surface area contributed by atoms with Crippen molar-refractivity contribution in [2.24, 2.45) is 5.73 Å². The fourth-order valence-electron chi connectivity index (χ4n) is 2.31. The summed E-state index contributed by atoms with van der Waals surface area (Å²) in [5.41, 5.74) is 13.7. The maximum absolute atomic E-state index is 11.4. The van der Waals surface area contributed by atoms with Crippen LogP contribution < -0.4 is 26.8 Å². The normalized spacial score (nSPS) is 10.3. The number of nitrogens with zero attached hydrogens (tertiary/aromatic N) is 1. The second kappa shape index (κ2) is 6.83. The van der Waals surface area contributed by atoms with Crippen LogP contribution in [0.1, 0.15) is 10.4 Å². The van der Waals surface area contributed by atoms with Crippen molar-refractivity contribution in [3.8, 4) is 5.75 Å². The van der Waals surface area contributed by atoms with Crippen LogP contribution in [0.3, 0.4) is 0 Å². The molecule has 7 N–H and O–H groups in total. The molecule has 0 radical (unpaired) electrons. The van der Waals surface area contributed by atoms with Gasteiger partial charge in [-0.1, -0.05) is 0 Å². The Morgan fingerprint density at radius 1 is 1.00 bits per heavy atom. The van der Waals surface area contributed by atoms with Gasteiger partial charge in [0.25, 0.3) is 5.91 Å². The smallest absolute Gasteiger partial charge is 0.256 e. The van der Waals surface area contributed by atoms with Gasteiger partial charge in [-0.05, 0) is 48.5 Å². The molecular formula is C17H18N6O2. The average Bonchev–Trinajstić information content (AvgIpc) is 2.98. The van der Waals surface area contributed by atoms with Crippen LogP contribution in [0, 0.1) is 0 Å². The molecule has 25 heavy (non-hydrogen) atoms. The number of nitrogen functional groups attached to an aromatic ring is 1. The van der Waals surface area contributed by atoms with E-state index in [0.29, 0.717) is 5.82 Å².